The zero-order valence-corrected chi connectivity index (χ0v) is 12.3. The molecule has 0 radical (unpaired) electrons. The fraction of sp³-hybridized carbons (Fsp3) is 0.200. The fourth-order valence-corrected chi connectivity index (χ4v) is 3.49. The molecule has 3 aromatic carbocycles. The van der Waals surface area contributed by atoms with Gasteiger partial charge >= 0.3 is 0 Å². The van der Waals surface area contributed by atoms with Gasteiger partial charge in [0.25, 0.3) is 0 Å². The molecular formula is C20H19N. The first kappa shape index (κ1) is 12.6. The number of nitrogens with zero attached hydrogens (tertiary/aromatic N) is 1. The number of hydrogen-bond donors (Lipinski definition) is 0. The average molecular weight is 273 g/mol. The van der Waals surface area contributed by atoms with E-state index < -0.39 is 0 Å². The minimum Gasteiger partial charge on any atom is -0.301 e. The molecule has 1 heteroatoms. The van der Waals surface area contributed by atoms with E-state index in [0.717, 1.165) is 13.1 Å². The van der Waals surface area contributed by atoms with Crippen molar-refractivity contribution in [2.45, 2.75) is 12.5 Å². The van der Waals surface area contributed by atoms with Crippen molar-refractivity contribution >= 4 is 10.8 Å². The second kappa shape index (κ2) is 5.01. The SMILES string of the molecule is CN1Cc2ccccc2C(c2ccc3ccccc3c2)C1. The van der Waals surface area contributed by atoms with Crippen molar-refractivity contribution in [3.63, 3.8) is 0 Å². The minimum atomic E-state index is 0.476. The van der Waals surface area contributed by atoms with Gasteiger partial charge in [0.2, 0.25) is 0 Å². The van der Waals surface area contributed by atoms with E-state index in [-0.39, 0.29) is 0 Å². The molecule has 1 unspecified atom stereocenters. The average Bonchev–Trinajstić information content (AvgIpc) is 2.53. The molecule has 1 atom stereocenters. The Bertz CT molecular complexity index is 790. The summed E-state index contributed by atoms with van der Waals surface area (Å²) in [4.78, 5) is 2.42. The first-order valence-electron chi connectivity index (χ1n) is 7.56. The lowest BCUT2D eigenvalue weighted by Gasteiger charge is -2.32. The van der Waals surface area contributed by atoms with Crippen molar-refractivity contribution in [2.75, 3.05) is 13.6 Å². The van der Waals surface area contributed by atoms with Crippen LogP contribution in [-0.4, -0.2) is 18.5 Å². The highest BCUT2D eigenvalue weighted by Gasteiger charge is 2.24. The van der Waals surface area contributed by atoms with Gasteiger partial charge in [-0.15, -0.1) is 0 Å². The van der Waals surface area contributed by atoms with Crippen LogP contribution in [0.2, 0.25) is 0 Å². The van der Waals surface area contributed by atoms with E-state index in [1.807, 2.05) is 0 Å². The van der Waals surface area contributed by atoms with Gasteiger partial charge in [0.1, 0.15) is 0 Å². The third-order valence-electron chi connectivity index (χ3n) is 4.54. The zero-order valence-electron chi connectivity index (χ0n) is 12.3. The summed E-state index contributed by atoms with van der Waals surface area (Å²) in [6.07, 6.45) is 0. The van der Waals surface area contributed by atoms with Crippen molar-refractivity contribution in [3.8, 4) is 0 Å². The van der Waals surface area contributed by atoms with Crippen LogP contribution in [0.15, 0.2) is 66.7 Å². The Balaban J connectivity index is 1.84. The molecule has 0 spiro atoms. The molecule has 3 aromatic rings. The maximum absolute atomic E-state index is 2.42. The second-order valence-corrected chi connectivity index (χ2v) is 6.05. The molecule has 0 aromatic heterocycles. The van der Waals surface area contributed by atoms with Crippen molar-refractivity contribution in [1.82, 2.24) is 4.90 Å². The van der Waals surface area contributed by atoms with Crippen molar-refractivity contribution in [2.24, 2.45) is 0 Å². The summed E-state index contributed by atoms with van der Waals surface area (Å²) in [7, 11) is 2.21. The Kier molecular flexibility index (Phi) is 3.01. The van der Waals surface area contributed by atoms with Gasteiger partial charge in [-0.2, -0.15) is 0 Å². The molecule has 0 fully saturated rings. The lowest BCUT2D eigenvalue weighted by Crippen LogP contribution is -2.30. The highest BCUT2D eigenvalue weighted by atomic mass is 15.1. The molecule has 1 heterocycles. The Hall–Kier alpha value is -2.12. The van der Waals surface area contributed by atoms with Crippen LogP contribution in [0.5, 0.6) is 0 Å². The first-order valence-corrected chi connectivity index (χ1v) is 7.56. The predicted octanol–water partition coefficient (Wildman–Crippen LogP) is 4.42. The minimum absolute atomic E-state index is 0.476. The summed E-state index contributed by atoms with van der Waals surface area (Å²) in [6, 6.07) is 24.4. The molecule has 0 aliphatic carbocycles. The Morgan fingerprint density at radius 1 is 0.857 bits per heavy atom. The van der Waals surface area contributed by atoms with Gasteiger partial charge in [0.05, 0.1) is 0 Å². The molecule has 0 N–H and O–H groups in total. The fourth-order valence-electron chi connectivity index (χ4n) is 3.49. The van der Waals surface area contributed by atoms with Gasteiger partial charge in [0, 0.05) is 19.0 Å². The van der Waals surface area contributed by atoms with Gasteiger partial charge in [0.15, 0.2) is 0 Å². The van der Waals surface area contributed by atoms with Crippen LogP contribution >= 0.6 is 0 Å². The Morgan fingerprint density at radius 3 is 2.52 bits per heavy atom. The lowest BCUT2D eigenvalue weighted by atomic mass is 9.84. The van der Waals surface area contributed by atoms with Crippen LogP contribution in [0.1, 0.15) is 22.6 Å². The maximum atomic E-state index is 2.42. The van der Waals surface area contributed by atoms with E-state index in [1.165, 1.54) is 27.5 Å². The number of likely N-dealkylation sites (N-methyl/N-ethyl adjacent to an activating group) is 1. The second-order valence-electron chi connectivity index (χ2n) is 6.05. The third-order valence-corrected chi connectivity index (χ3v) is 4.54. The number of benzene rings is 3. The van der Waals surface area contributed by atoms with E-state index in [0.29, 0.717) is 5.92 Å². The zero-order chi connectivity index (χ0) is 14.2. The number of rotatable bonds is 1. The maximum Gasteiger partial charge on any atom is 0.0234 e. The molecule has 0 saturated carbocycles. The van der Waals surface area contributed by atoms with Gasteiger partial charge in [-0.1, -0.05) is 66.7 Å². The van der Waals surface area contributed by atoms with Crippen molar-refractivity contribution in [1.29, 1.82) is 0 Å². The van der Waals surface area contributed by atoms with Crippen LogP contribution < -0.4 is 0 Å². The number of fused-ring (bicyclic) bond motifs is 2. The summed E-state index contributed by atoms with van der Waals surface area (Å²) in [6.45, 7) is 2.15. The molecule has 1 aliphatic rings. The third kappa shape index (κ3) is 2.24. The van der Waals surface area contributed by atoms with Gasteiger partial charge in [-0.3, -0.25) is 0 Å². The molecule has 104 valence electrons. The lowest BCUT2D eigenvalue weighted by molar-refractivity contribution is 0.295. The molecule has 0 saturated heterocycles. The van der Waals surface area contributed by atoms with Crippen LogP contribution in [-0.2, 0) is 6.54 Å². The van der Waals surface area contributed by atoms with Crippen molar-refractivity contribution < 1.29 is 0 Å². The molecule has 1 nitrogen and oxygen atoms in total. The Labute approximate surface area is 125 Å². The van der Waals surface area contributed by atoms with Crippen LogP contribution in [0.4, 0.5) is 0 Å². The first-order chi connectivity index (χ1) is 10.3. The van der Waals surface area contributed by atoms with E-state index in [4.69, 9.17) is 0 Å². The quantitative estimate of drug-likeness (QED) is 0.634. The van der Waals surface area contributed by atoms with E-state index >= 15 is 0 Å². The van der Waals surface area contributed by atoms with Crippen LogP contribution in [0.25, 0.3) is 10.8 Å². The van der Waals surface area contributed by atoms with E-state index in [2.05, 4.69) is 78.7 Å². The smallest absolute Gasteiger partial charge is 0.0234 e. The summed E-state index contributed by atoms with van der Waals surface area (Å²) >= 11 is 0. The highest BCUT2D eigenvalue weighted by molar-refractivity contribution is 5.83. The molecule has 21 heavy (non-hydrogen) atoms. The van der Waals surface area contributed by atoms with Gasteiger partial charge in [-0.05, 0) is 34.5 Å². The monoisotopic (exact) mass is 273 g/mol. The standard InChI is InChI=1S/C20H19N/c1-21-13-18-8-4-5-9-19(18)20(14-21)17-11-10-15-6-2-3-7-16(15)12-17/h2-12,20H,13-14H2,1H3. The Morgan fingerprint density at radius 2 is 1.62 bits per heavy atom. The number of hydrogen-bond acceptors (Lipinski definition) is 1. The van der Waals surface area contributed by atoms with Crippen molar-refractivity contribution in [3.05, 3.63) is 83.4 Å². The molecular weight excluding hydrogens is 254 g/mol. The topological polar surface area (TPSA) is 3.24 Å². The van der Waals surface area contributed by atoms with Crippen LogP contribution in [0.3, 0.4) is 0 Å². The van der Waals surface area contributed by atoms with Gasteiger partial charge in [-0.25, -0.2) is 0 Å². The molecule has 0 amide bonds. The normalized spacial score (nSPS) is 18.6. The summed E-state index contributed by atoms with van der Waals surface area (Å²) in [5.41, 5.74) is 4.38. The summed E-state index contributed by atoms with van der Waals surface area (Å²) in [5, 5.41) is 2.65. The molecule has 1 aliphatic heterocycles. The van der Waals surface area contributed by atoms with E-state index in [1.54, 1.807) is 0 Å². The molecule has 4 rings (SSSR count). The van der Waals surface area contributed by atoms with Gasteiger partial charge < -0.3 is 4.90 Å². The van der Waals surface area contributed by atoms with Crippen LogP contribution in [0, 0.1) is 0 Å². The molecule has 0 bridgehead atoms. The summed E-state index contributed by atoms with van der Waals surface area (Å²) < 4.78 is 0. The highest BCUT2D eigenvalue weighted by Crippen LogP contribution is 2.34. The predicted molar refractivity (Wildman–Crippen MR) is 88.6 cm³/mol. The largest absolute Gasteiger partial charge is 0.301 e. The summed E-state index contributed by atoms with van der Waals surface area (Å²) in [5.74, 6) is 0.476. The van der Waals surface area contributed by atoms with E-state index in [9.17, 15) is 0 Å².